The molecule has 0 radical (unpaired) electrons. The van der Waals surface area contributed by atoms with E-state index < -0.39 is 0 Å². The summed E-state index contributed by atoms with van der Waals surface area (Å²) >= 11 is 0. The number of nitrogens with one attached hydrogen (secondary N) is 1. The maximum absolute atomic E-state index is 13.1. The van der Waals surface area contributed by atoms with E-state index in [2.05, 4.69) is 12.2 Å². The molecule has 0 bridgehead atoms. The van der Waals surface area contributed by atoms with E-state index in [1.54, 1.807) is 0 Å². The second kappa shape index (κ2) is 8.52. The van der Waals surface area contributed by atoms with Crippen LogP contribution in [0, 0.1) is 0 Å². The number of rotatable bonds is 6. The Morgan fingerprint density at radius 3 is 2.58 bits per heavy atom. The average Bonchev–Trinajstić information content (AvgIpc) is 2.92. The number of benzene rings is 1. The molecule has 1 aliphatic rings. The summed E-state index contributed by atoms with van der Waals surface area (Å²) in [7, 11) is 0. The Labute approximate surface area is 155 Å². The highest BCUT2D eigenvalue weighted by atomic mass is 16.1. The van der Waals surface area contributed by atoms with E-state index in [1.165, 1.54) is 12.0 Å². The van der Waals surface area contributed by atoms with Crippen LogP contribution in [-0.2, 0) is 19.4 Å². The molecule has 0 saturated heterocycles. The lowest BCUT2D eigenvalue weighted by atomic mass is 9.97. The molecule has 1 amide bonds. The van der Waals surface area contributed by atoms with Crippen molar-refractivity contribution in [2.75, 3.05) is 6.54 Å². The largest absolute Gasteiger partial charge is 0.352 e. The predicted octanol–water partition coefficient (Wildman–Crippen LogP) is 4.21. The molecule has 2 aromatic rings. The van der Waals surface area contributed by atoms with Crippen molar-refractivity contribution >= 4 is 16.8 Å². The lowest BCUT2D eigenvalue weighted by molar-refractivity contribution is 0.0954. The smallest absolute Gasteiger partial charge is 0.254 e. The van der Waals surface area contributed by atoms with Crippen LogP contribution in [0.1, 0.15) is 73.9 Å². The molecular formula is C22H30N2O2. The van der Waals surface area contributed by atoms with Gasteiger partial charge < -0.3 is 9.88 Å². The number of nitrogens with zero attached hydrogens (tertiary/aromatic N) is 1. The number of amides is 1. The first-order valence-corrected chi connectivity index (χ1v) is 10.1. The predicted molar refractivity (Wildman–Crippen MR) is 107 cm³/mol. The second-order valence-corrected chi connectivity index (χ2v) is 7.32. The van der Waals surface area contributed by atoms with Crippen LogP contribution in [0.2, 0.25) is 0 Å². The summed E-state index contributed by atoms with van der Waals surface area (Å²) in [5.41, 5.74) is 4.03. The van der Waals surface area contributed by atoms with Crippen molar-refractivity contribution in [3.63, 3.8) is 0 Å². The number of fused-ring (bicyclic) bond motifs is 3. The normalized spacial score (nSPS) is 14.1. The molecule has 140 valence electrons. The summed E-state index contributed by atoms with van der Waals surface area (Å²) in [5, 5.41) is 4.06. The highest BCUT2D eigenvalue weighted by Gasteiger charge is 2.19. The number of aryl methyl sites for hydroxylation is 2. The SMILES string of the molecule is CCCCn1c(=O)c2c(c3cc(C(=O)NCCC)ccc31)CCCCC2. The van der Waals surface area contributed by atoms with Gasteiger partial charge in [0.05, 0.1) is 5.52 Å². The number of hydrogen-bond donors (Lipinski definition) is 1. The van der Waals surface area contributed by atoms with Gasteiger partial charge in [0.2, 0.25) is 0 Å². The van der Waals surface area contributed by atoms with Gasteiger partial charge in [-0.15, -0.1) is 0 Å². The van der Waals surface area contributed by atoms with Crippen LogP contribution in [0.3, 0.4) is 0 Å². The lowest BCUT2D eigenvalue weighted by Gasteiger charge is -2.17. The molecule has 1 N–H and O–H groups in total. The Hall–Kier alpha value is -2.10. The number of carbonyl (C=O) groups excluding carboxylic acids is 1. The minimum absolute atomic E-state index is 0.0255. The molecule has 0 unspecified atom stereocenters. The molecule has 4 heteroatoms. The lowest BCUT2D eigenvalue weighted by Crippen LogP contribution is -2.27. The molecular weight excluding hydrogens is 324 g/mol. The summed E-state index contributed by atoms with van der Waals surface area (Å²) in [4.78, 5) is 25.6. The minimum Gasteiger partial charge on any atom is -0.352 e. The van der Waals surface area contributed by atoms with Gasteiger partial charge in [0.25, 0.3) is 11.5 Å². The van der Waals surface area contributed by atoms with E-state index in [0.717, 1.165) is 68.0 Å². The molecule has 0 fully saturated rings. The fraction of sp³-hybridized carbons (Fsp3) is 0.545. The third-order valence-corrected chi connectivity index (χ3v) is 5.37. The third-order valence-electron chi connectivity index (χ3n) is 5.37. The van der Waals surface area contributed by atoms with Crippen LogP contribution in [0.5, 0.6) is 0 Å². The number of pyridine rings is 1. The number of unbranched alkanes of at least 4 members (excludes halogenated alkanes) is 1. The first-order valence-electron chi connectivity index (χ1n) is 10.1. The molecule has 4 nitrogen and oxygen atoms in total. The first-order chi connectivity index (χ1) is 12.7. The van der Waals surface area contributed by atoms with Gasteiger partial charge in [0, 0.05) is 29.6 Å². The first kappa shape index (κ1) is 18.7. The Kier molecular flexibility index (Phi) is 6.12. The maximum Gasteiger partial charge on any atom is 0.254 e. The summed E-state index contributed by atoms with van der Waals surface area (Å²) < 4.78 is 1.94. The van der Waals surface area contributed by atoms with Gasteiger partial charge >= 0.3 is 0 Å². The number of carbonyl (C=O) groups is 1. The molecule has 0 aliphatic heterocycles. The molecule has 0 saturated carbocycles. The maximum atomic E-state index is 13.1. The molecule has 1 aromatic heterocycles. The van der Waals surface area contributed by atoms with Crippen molar-refractivity contribution in [2.24, 2.45) is 0 Å². The van der Waals surface area contributed by atoms with Crippen molar-refractivity contribution in [2.45, 2.75) is 71.8 Å². The zero-order valence-corrected chi connectivity index (χ0v) is 16.1. The zero-order valence-electron chi connectivity index (χ0n) is 16.1. The summed E-state index contributed by atoms with van der Waals surface area (Å²) in [6.07, 6.45) is 8.14. The molecule has 0 spiro atoms. The van der Waals surface area contributed by atoms with Crippen LogP contribution < -0.4 is 10.9 Å². The Balaban J connectivity index is 2.17. The van der Waals surface area contributed by atoms with E-state index in [0.29, 0.717) is 12.1 Å². The topological polar surface area (TPSA) is 51.1 Å². The molecule has 0 atom stereocenters. The van der Waals surface area contributed by atoms with Gasteiger partial charge in [-0.05, 0) is 62.3 Å². The third kappa shape index (κ3) is 3.69. The van der Waals surface area contributed by atoms with Crippen LogP contribution >= 0.6 is 0 Å². The molecule has 1 aliphatic carbocycles. The highest BCUT2D eigenvalue weighted by molar-refractivity contribution is 5.98. The van der Waals surface area contributed by atoms with Gasteiger partial charge in [-0.1, -0.05) is 26.7 Å². The molecule has 3 rings (SSSR count). The van der Waals surface area contributed by atoms with E-state index >= 15 is 0 Å². The van der Waals surface area contributed by atoms with Crippen molar-refractivity contribution in [3.8, 4) is 0 Å². The fourth-order valence-corrected chi connectivity index (χ4v) is 3.92. The molecule has 1 heterocycles. The monoisotopic (exact) mass is 354 g/mol. The van der Waals surface area contributed by atoms with Crippen molar-refractivity contribution in [1.82, 2.24) is 9.88 Å². The summed E-state index contributed by atoms with van der Waals surface area (Å²) in [5.74, 6) is -0.0255. The van der Waals surface area contributed by atoms with E-state index in [9.17, 15) is 9.59 Å². The summed E-state index contributed by atoms with van der Waals surface area (Å²) in [6.45, 7) is 5.63. The van der Waals surface area contributed by atoms with Gasteiger partial charge in [-0.25, -0.2) is 0 Å². The minimum atomic E-state index is -0.0255. The highest BCUT2D eigenvalue weighted by Crippen LogP contribution is 2.27. The molecule has 26 heavy (non-hydrogen) atoms. The van der Waals surface area contributed by atoms with E-state index in [1.807, 2.05) is 29.7 Å². The molecule has 1 aromatic carbocycles. The number of hydrogen-bond acceptors (Lipinski definition) is 2. The van der Waals surface area contributed by atoms with Crippen LogP contribution in [0.4, 0.5) is 0 Å². The zero-order chi connectivity index (χ0) is 18.5. The van der Waals surface area contributed by atoms with Gasteiger partial charge in [0.15, 0.2) is 0 Å². The van der Waals surface area contributed by atoms with Gasteiger partial charge in [0.1, 0.15) is 0 Å². The quantitative estimate of drug-likeness (QED) is 0.790. The van der Waals surface area contributed by atoms with Gasteiger partial charge in [-0.2, -0.15) is 0 Å². The van der Waals surface area contributed by atoms with Crippen LogP contribution in [0.15, 0.2) is 23.0 Å². The Bertz CT molecular complexity index is 851. The van der Waals surface area contributed by atoms with Crippen molar-refractivity contribution in [1.29, 1.82) is 0 Å². The Morgan fingerprint density at radius 1 is 1.08 bits per heavy atom. The van der Waals surface area contributed by atoms with Crippen LogP contribution in [-0.4, -0.2) is 17.0 Å². The van der Waals surface area contributed by atoms with E-state index in [-0.39, 0.29) is 11.5 Å². The number of aromatic nitrogens is 1. The van der Waals surface area contributed by atoms with Crippen molar-refractivity contribution < 1.29 is 4.79 Å². The summed E-state index contributed by atoms with van der Waals surface area (Å²) in [6, 6.07) is 5.84. The fourth-order valence-electron chi connectivity index (χ4n) is 3.92. The van der Waals surface area contributed by atoms with Crippen LogP contribution in [0.25, 0.3) is 10.9 Å². The average molecular weight is 354 g/mol. The Morgan fingerprint density at radius 2 is 1.85 bits per heavy atom. The van der Waals surface area contributed by atoms with Gasteiger partial charge in [-0.3, -0.25) is 9.59 Å². The standard InChI is InChI=1S/C22H30N2O2/c1-3-5-14-24-20-12-11-16(21(25)23-13-4-2)15-19(20)17-9-7-6-8-10-18(17)22(24)26/h11-12,15H,3-10,13-14H2,1-2H3,(H,23,25). The second-order valence-electron chi connectivity index (χ2n) is 7.32. The van der Waals surface area contributed by atoms with Crippen molar-refractivity contribution in [3.05, 3.63) is 45.2 Å². The van der Waals surface area contributed by atoms with E-state index in [4.69, 9.17) is 0 Å².